The van der Waals surface area contributed by atoms with Crippen molar-refractivity contribution in [2.45, 2.75) is 37.7 Å². The van der Waals surface area contributed by atoms with Crippen molar-refractivity contribution in [3.63, 3.8) is 0 Å². The average Bonchev–Trinajstić information content (AvgIpc) is 2.75. The molecule has 1 unspecified atom stereocenters. The lowest BCUT2D eigenvalue weighted by Gasteiger charge is -2.36. The van der Waals surface area contributed by atoms with E-state index in [2.05, 4.69) is 15.9 Å². The molecule has 0 amide bonds. The number of hydrogen-bond donors (Lipinski definition) is 0. The van der Waals surface area contributed by atoms with Gasteiger partial charge in [0.1, 0.15) is 11.2 Å². The number of hydrogen-bond acceptors (Lipinski definition) is 4. The number of carbonyl (C=O) groups excluding carboxylic acids is 3. The Kier molecular flexibility index (Phi) is 3.79. The van der Waals surface area contributed by atoms with E-state index in [-0.39, 0.29) is 29.1 Å². The van der Waals surface area contributed by atoms with Gasteiger partial charge >= 0.3 is 5.97 Å². The Bertz CT molecular complexity index is 733. The molecule has 0 radical (unpaired) electrons. The molecule has 1 aromatic carbocycles. The zero-order chi connectivity index (χ0) is 16.8. The third-order valence-electron chi connectivity index (χ3n) is 4.65. The standard InChI is InChI=1S/C18H17BrO4/c1-17(2)14-12(20)10-18(8-9-19,11-6-4-3-5-7-11)15(21)13(14)16(22)23-17/h3-7H,8-10H2,1-2H3. The van der Waals surface area contributed by atoms with Gasteiger partial charge in [-0.2, -0.15) is 0 Å². The summed E-state index contributed by atoms with van der Waals surface area (Å²) in [6.45, 7) is 3.30. The second-order valence-electron chi connectivity index (χ2n) is 6.47. The first-order chi connectivity index (χ1) is 10.8. The van der Waals surface area contributed by atoms with E-state index in [1.807, 2.05) is 30.3 Å². The van der Waals surface area contributed by atoms with Gasteiger partial charge in [-0.3, -0.25) is 9.59 Å². The normalized spacial score (nSPS) is 26.3. The number of rotatable bonds is 3. The maximum absolute atomic E-state index is 13.2. The molecular weight excluding hydrogens is 360 g/mol. The fraction of sp³-hybridized carbons (Fsp3) is 0.389. The summed E-state index contributed by atoms with van der Waals surface area (Å²) in [5, 5.41) is 0.558. The summed E-state index contributed by atoms with van der Waals surface area (Å²) in [6, 6.07) is 9.21. The molecule has 1 aliphatic heterocycles. The highest BCUT2D eigenvalue weighted by Gasteiger charge is 2.57. The zero-order valence-corrected chi connectivity index (χ0v) is 14.6. The summed E-state index contributed by atoms with van der Waals surface area (Å²) in [7, 11) is 0. The molecule has 0 fully saturated rings. The van der Waals surface area contributed by atoms with Crippen molar-refractivity contribution in [1.29, 1.82) is 0 Å². The van der Waals surface area contributed by atoms with Crippen LogP contribution in [0, 0.1) is 0 Å². The number of carbonyl (C=O) groups is 3. The zero-order valence-electron chi connectivity index (χ0n) is 13.0. The molecule has 120 valence electrons. The summed E-state index contributed by atoms with van der Waals surface area (Å²) in [4.78, 5) is 38.3. The van der Waals surface area contributed by atoms with Crippen molar-refractivity contribution in [3.8, 4) is 0 Å². The van der Waals surface area contributed by atoms with Crippen molar-refractivity contribution >= 4 is 33.5 Å². The van der Waals surface area contributed by atoms with Crippen LogP contribution in [0.3, 0.4) is 0 Å². The minimum Gasteiger partial charge on any atom is -0.451 e. The third kappa shape index (κ3) is 2.29. The molecule has 1 aliphatic carbocycles. The molecule has 2 aliphatic rings. The van der Waals surface area contributed by atoms with Crippen molar-refractivity contribution in [2.75, 3.05) is 5.33 Å². The molecule has 1 heterocycles. The molecule has 0 bridgehead atoms. The number of alkyl halides is 1. The number of cyclic esters (lactones) is 1. The van der Waals surface area contributed by atoms with Gasteiger partial charge in [0, 0.05) is 11.8 Å². The van der Waals surface area contributed by atoms with E-state index >= 15 is 0 Å². The Morgan fingerprint density at radius 2 is 1.78 bits per heavy atom. The lowest BCUT2D eigenvalue weighted by atomic mass is 9.63. The number of esters is 1. The van der Waals surface area contributed by atoms with Crippen molar-refractivity contribution in [2.24, 2.45) is 0 Å². The Balaban J connectivity index is 2.21. The number of halogens is 1. The molecule has 5 heteroatoms. The summed E-state index contributed by atoms with van der Waals surface area (Å²) < 4.78 is 5.28. The van der Waals surface area contributed by atoms with Crippen LogP contribution in [0.15, 0.2) is 41.5 Å². The number of benzene rings is 1. The van der Waals surface area contributed by atoms with Crippen molar-refractivity contribution < 1.29 is 19.1 Å². The van der Waals surface area contributed by atoms with Gasteiger partial charge in [0.2, 0.25) is 0 Å². The van der Waals surface area contributed by atoms with E-state index in [0.29, 0.717) is 11.8 Å². The number of Topliss-reactive ketones (excluding diaryl/α,β-unsaturated/α-hetero) is 2. The number of ketones is 2. The quantitative estimate of drug-likeness (QED) is 0.462. The van der Waals surface area contributed by atoms with Gasteiger partial charge in [-0.05, 0) is 25.8 Å². The summed E-state index contributed by atoms with van der Waals surface area (Å²) >= 11 is 3.38. The van der Waals surface area contributed by atoms with E-state index in [1.165, 1.54) is 0 Å². The molecule has 0 saturated carbocycles. The van der Waals surface area contributed by atoms with Crippen LogP contribution in [0.2, 0.25) is 0 Å². The Morgan fingerprint density at radius 1 is 1.13 bits per heavy atom. The van der Waals surface area contributed by atoms with E-state index < -0.39 is 17.0 Å². The number of ether oxygens (including phenoxy) is 1. The van der Waals surface area contributed by atoms with E-state index in [1.54, 1.807) is 13.8 Å². The largest absolute Gasteiger partial charge is 0.451 e. The highest BCUT2D eigenvalue weighted by molar-refractivity contribution is 9.09. The lowest BCUT2D eigenvalue weighted by Crippen LogP contribution is -2.45. The van der Waals surface area contributed by atoms with Crippen molar-refractivity contribution in [3.05, 3.63) is 47.0 Å². The topological polar surface area (TPSA) is 60.4 Å². The van der Waals surface area contributed by atoms with Crippen LogP contribution in [0.25, 0.3) is 0 Å². The summed E-state index contributed by atoms with van der Waals surface area (Å²) in [5.41, 5.74) is -1.09. The predicted molar refractivity (Wildman–Crippen MR) is 88.4 cm³/mol. The summed E-state index contributed by atoms with van der Waals surface area (Å²) in [5.74, 6) is -1.16. The van der Waals surface area contributed by atoms with Crippen LogP contribution in [-0.4, -0.2) is 28.5 Å². The average molecular weight is 377 g/mol. The second kappa shape index (κ2) is 5.41. The molecule has 3 rings (SSSR count). The van der Waals surface area contributed by atoms with Crippen LogP contribution >= 0.6 is 15.9 Å². The Labute approximate surface area is 143 Å². The second-order valence-corrected chi connectivity index (χ2v) is 7.26. The maximum atomic E-state index is 13.2. The van der Waals surface area contributed by atoms with E-state index in [9.17, 15) is 14.4 Å². The lowest BCUT2D eigenvalue weighted by molar-refractivity contribution is -0.145. The molecule has 0 spiro atoms. The van der Waals surface area contributed by atoms with Gasteiger partial charge in [-0.25, -0.2) is 4.79 Å². The Hall–Kier alpha value is -1.75. The molecule has 0 N–H and O–H groups in total. The maximum Gasteiger partial charge on any atom is 0.343 e. The Morgan fingerprint density at radius 3 is 2.39 bits per heavy atom. The smallest absolute Gasteiger partial charge is 0.343 e. The van der Waals surface area contributed by atoms with Gasteiger partial charge in [-0.1, -0.05) is 46.3 Å². The SMILES string of the molecule is CC1(C)OC(=O)C2=C1C(=O)CC(CCBr)(c1ccccc1)C2=O. The van der Waals surface area contributed by atoms with Gasteiger partial charge in [0.15, 0.2) is 11.6 Å². The van der Waals surface area contributed by atoms with Gasteiger partial charge in [0.25, 0.3) is 0 Å². The first-order valence-corrected chi connectivity index (χ1v) is 8.63. The predicted octanol–water partition coefficient (Wildman–Crippen LogP) is 2.88. The van der Waals surface area contributed by atoms with Crippen LogP contribution in [-0.2, 0) is 24.5 Å². The molecule has 0 aromatic heterocycles. The molecular formula is C18H17BrO4. The van der Waals surface area contributed by atoms with E-state index in [0.717, 1.165) is 5.56 Å². The molecule has 1 aromatic rings. The monoisotopic (exact) mass is 376 g/mol. The highest BCUT2D eigenvalue weighted by atomic mass is 79.9. The summed E-state index contributed by atoms with van der Waals surface area (Å²) in [6.07, 6.45) is 0.520. The van der Waals surface area contributed by atoms with Gasteiger partial charge in [-0.15, -0.1) is 0 Å². The first-order valence-electron chi connectivity index (χ1n) is 7.51. The molecule has 4 nitrogen and oxygen atoms in total. The van der Waals surface area contributed by atoms with Gasteiger partial charge in [0.05, 0.1) is 11.0 Å². The first kappa shape index (κ1) is 16.1. The fourth-order valence-electron chi connectivity index (χ4n) is 3.60. The molecule has 23 heavy (non-hydrogen) atoms. The van der Waals surface area contributed by atoms with Crippen molar-refractivity contribution in [1.82, 2.24) is 0 Å². The van der Waals surface area contributed by atoms with Gasteiger partial charge < -0.3 is 4.74 Å². The minimum absolute atomic E-state index is 0.0592. The molecule has 0 saturated heterocycles. The fourth-order valence-corrected chi connectivity index (χ4v) is 4.28. The van der Waals surface area contributed by atoms with Crippen LogP contribution in [0.5, 0.6) is 0 Å². The van der Waals surface area contributed by atoms with Crippen LogP contribution in [0.4, 0.5) is 0 Å². The van der Waals surface area contributed by atoms with E-state index in [4.69, 9.17) is 4.74 Å². The third-order valence-corrected chi connectivity index (χ3v) is 5.05. The molecule has 1 atom stereocenters. The van der Waals surface area contributed by atoms with Crippen LogP contribution < -0.4 is 0 Å². The van der Waals surface area contributed by atoms with Crippen LogP contribution in [0.1, 0.15) is 32.3 Å². The minimum atomic E-state index is -1.03. The highest BCUT2D eigenvalue weighted by Crippen LogP contribution is 2.47.